The van der Waals surface area contributed by atoms with Crippen molar-refractivity contribution in [3.63, 3.8) is 0 Å². The van der Waals surface area contributed by atoms with E-state index < -0.39 is 17.7 Å². The summed E-state index contributed by atoms with van der Waals surface area (Å²) in [6, 6.07) is 2.40. The molecule has 1 rings (SSSR count). The quantitative estimate of drug-likeness (QED) is 0.835. The fraction of sp³-hybridized carbons (Fsp3) is 0.500. The summed E-state index contributed by atoms with van der Waals surface area (Å²) >= 11 is 0. The molecule has 2 unspecified atom stereocenters. The van der Waals surface area contributed by atoms with Crippen LogP contribution in [0.2, 0.25) is 0 Å². The predicted octanol–water partition coefficient (Wildman–Crippen LogP) is 2.66. The number of rotatable bonds is 6. The molecule has 0 saturated heterocycles. The Bertz CT molecular complexity index is 437. The first-order valence-electron chi connectivity index (χ1n) is 6.44. The minimum atomic E-state index is -0.586. The van der Waals surface area contributed by atoms with Gasteiger partial charge < -0.3 is 11.1 Å². The molecule has 106 valence electrons. The molecule has 3 nitrogen and oxygen atoms in total. The number of amides is 1. The van der Waals surface area contributed by atoms with Crippen molar-refractivity contribution in [2.75, 3.05) is 0 Å². The maximum absolute atomic E-state index is 13.5. The van der Waals surface area contributed by atoms with Gasteiger partial charge in [-0.3, -0.25) is 4.79 Å². The van der Waals surface area contributed by atoms with E-state index in [2.05, 4.69) is 5.32 Å². The van der Waals surface area contributed by atoms with Gasteiger partial charge in [-0.2, -0.15) is 0 Å². The second-order valence-corrected chi connectivity index (χ2v) is 4.71. The predicted molar refractivity (Wildman–Crippen MR) is 70.4 cm³/mol. The van der Waals surface area contributed by atoms with Crippen molar-refractivity contribution in [1.82, 2.24) is 5.32 Å². The minimum Gasteiger partial charge on any atom is -0.349 e. The van der Waals surface area contributed by atoms with Gasteiger partial charge in [0.1, 0.15) is 11.6 Å². The third-order valence-electron chi connectivity index (χ3n) is 2.91. The average molecular weight is 270 g/mol. The van der Waals surface area contributed by atoms with E-state index in [1.165, 1.54) is 0 Å². The van der Waals surface area contributed by atoms with E-state index in [9.17, 15) is 13.6 Å². The molecule has 0 aliphatic rings. The van der Waals surface area contributed by atoms with Gasteiger partial charge in [-0.15, -0.1) is 0 Å². The fourth-order valence-corrected chi connectivity index (χ4v) is 1.94. The van der Waals surface area contributed by atoms with Crippen molar-refractivity contribution in [1.29, 1.82) is 0 Å². The van der Waals surface area contributed by atoms with Crippen LogP contribution in [0.4, 0.5) is 8.78 Å². The molecular weight excluding hydrogens is 250 g/mol. The van der Waals surface area contributed by atoms with Gasteiger partial charge in [-0.1, -0.05) is 13.3 Å². The van der Waals surface area contributed by atoms with Gasteiger partial charge in [0.05, 0.1) is 6.04 Å². The Morgan fingerprint density at radius 1 is 1.42 bits per heavy atom. The molecule has 0 radical (unpaired) electrons. The minimum absolute atomic E-state index is 0.136. The van der Waals surface area contributed by atoms with Crippen LogP contribution < -0.4 is 11.1 Å². The van der Waals surface area contributed by atoms with E-state index in [-0.39, 0.29) is 23.9 Å². The molecule has 0 bridgehead atoms. The van der Waals surface area contributed by atoms with Crippen LogP contribution in [0.1, 0.15) is 44.7 Å². The Morgan fingerprint density at radius 3 is 2.74 bits per heavy atom. The van der Waals surface area contributed by atoms with E-state index in [1.54, 1.807) is 6.92 Å². The summed E-state index contributed by atoms with van der Waals surface area (Å²) in [5.74, 6) is -1.32. The SMILES string of the molecule is CCCC(N)CC(=O)NC(C)c1cc(F)ccc1F. The Morgan fingerprint density at radius 2 is 2.11 bits per heavy atom. The van der Waals surface area contributed by atoms with Crippen LogP contribution in [-0.4, -0.2) is 11.9 Å². The molecule has 3 N–H and O–H groups in total. The van der Waals surface area contributed by atoms with Crippen LogP contribution in [0.15, 0.2) is 18.2 Å². The maximum Gasteiger partial charge on any atom is 0.222 e. The molecule has 0 spiro atoms. The standard InChI is InChI=1S/C14H20F2N2O/c1-3-4-11(17)8-14(19)18-9(2)12-7-10(15)5-6-13(12)16/h5-7,9,11H,3-4,8,17H2,1-2H3,(H,18,19). The Balaban J connectivity index is 2.61. The summed E-state index contributed by atoms with van der Waals surface area (Å²) in [4.78, 5) is 11.7. The van der Waals surface area contributed by atoms with Crippen molar-refractivity contribution in [3.05, 3.63) is 35.4 Å². The summed E-state index contributed by atoms with van der Waals surface area (Å²) < 4.78 is 26.6. The number of nitrogens with two attached hydrogens (primary N) is 1. The second kappa shape index (κ2) is 7.19. The zero-order valence-electron chi connectivity index (χ0n) is 11.2. The molecule has 0 aliphatic heterocycles. The summed E-state index contributed by atoms with van der Waals surface area (Å²) in [6.45, 7) is 3.60. The van der Waals surface area contributed by atoms with Crippen molar-refractivity contribution < 1.29 is 13.6 Å². The highest BCUT2D eigenvalue weighted by Crippen LogP contribution is 2.18. The van der Waals surface area contributed by atoms with Crippen LogP contribution >= 0.6 is 0 Å². The molecule has 0 aromatic heterocycles. The number of benzene rings is 1. The van der Waals surface area contributed by atoms with Crippen molar-refractivity contribution in [3.8, 4) is 0 Å². The molecule has 5 heteroatoms. The topological polar surface area (TPSA) is 55.1 Å². The maximum atomic E-state index is 13.5. The van der Waals surface area contributed by atoms with Gasteiger partial charge >= 0.3 is 0 Å². The van der Waals surface area contributed by atoms with Crippen LogP contribution in [0.25, 0.3) is 0 Å². The van der Waals surface area contributed by atoms with Crippen LogP contribution in [0, 0.1) is 11.6 Å². The lowest BCUT2D eigenvalue weighted by molar-refractivity contribution is -0.122. The van der Waals surface area contributed by atoms with E-state index in [0.717, 1.165) is 31.0 Å². The van der Waals surface area contributed by atoms with Gasteiger partial charge in [0.15, 0.2) is 0 Å². The first kappa shape index (κ1) is 15.6. The first-order valence-corrected chi connectivity index (χ1v) is 6.44. The zero-order valence-corrected chi connectivity index (χ0v) is 11.2. The second-order valence-electron chi connectivity index (χ2n) is 4.71. The van der Waals surface area contributed by atoms with Gasteiger partial charge in [0.25, 0.3) is 0 Å². The zero-order chi connectivity index (χ0) is 14.4. The van der Waals surface area contributed by atoms with Crippen LogP contribution in [0.5, 0.6) is 0 Å². The molecule has 1 amide bonds. The summed E-state index contributed by atoms with van der Waals surface area (Å²) in [6.07, 6.45) is 1.85. The van der Waals surface area contributed by atoms with Gasteiger partial charge in [-0.25, -0.2) is 8.78 Å². The molecular formula is C14H20F2N2O. The fourth-order valence-electron chi connectivity index (χ4n) is 1.94. The molecule has 0 aliphatic carbocycles. The lowest BCUT2D eigenvalue weighted by Crippen LogP contribution is -2.33. The molecule has 1 aromatic rings. The lowest BCUT2D eigenvalue weighted by Gasteiger charge is -2.17. The molecule has 0 heterocycles. The van der Waals surface area contributed by atoms with E-state index in [1.807, 2.05) is 6.92 Å². The monoisotopic (exact) mass is 270 g/mol. The third kappa shape index (κ3) is 4.95. The summed E-state index contributed by atoms with van der Waals surface area (Å²) in [5.41, 5.74) is 5.90. The molecule has 0 fully saturated rings. The lowest BCUT2D eigenvalue weighted by atomic mass is 10.1. The Labute approximate surface area is 112 Å². The Kier molecular flexibility index (Phi) is 5.89. The van der Waals surface area contributed by atoms with Gasteiger partial charge in [-0.05, 0) is 31.5 Å². The van der Waals surface area contributed by atoms with E-state index in [4.69, 9.17) is 5.73 Å². The Hall–Kier alpha value is -1.49. The summed E-state index contributed by atoms with van der Waals surface area (Å²) in [5, 5.41) is 2.63. The van der Waals surface area contributed by atoms with E-state index >= 15 is 0 Å². The number of halogens is 2. The van der Waals surface area contributed by atoms with Crippen LogP contribution in [-0.2, 0) is 4.79 Å². The first-order chi connectivity index (χ1) is 8.93. The molecule has 1 aromatic carbocycles. The van der Waals surface area contributed by atoms with Gasteiger partial charge in [0.2, 0.25) is 5.91 Å². The highest BCUT2D eigenvalue weighted by molar-refractivity contribution is 5.77. The summed E-state index contributed by atoms with van der Waals surface area (Å²) in [7, 11) is 0. The highest BCUT2D eigenvalue weighted by Gasteiger charge is 2.16. The molecule has 19 heavy (non-hydrogen) atoms. The van der Waals surface area contributed by atoms with Crippen LogP contribution in [0.3, 0.4) is 0 Å². The van der Waals surface area contributed by atoms with Crippen molar-refractivity contribution >= 4 is 5.91 Å². The molecule has 2 atom stereocenters. The number of hydrogen-bond donors (Lipinski definition) is 2. The number of nitrogens with one attached hydrogen (secondary N) is 1. The number of hydrogen-bond acceptors (Lipinski definition) is 2. The number of carbonyl (C=O) groups excluding carboxylic acids is 1. The number of carbonyl (C=O) groups is 1. The van der Waals surface area contributed by atoms with Crippen molar-refractivity contribution in [2.24, 2.45) is 5.73 Å². The van der Waals surface area contributed by atoms with Crippen molar-refractivity contribution in [2.45, 2.75) is 45.2 Å². The normalized spacial score (nSPS) is 13.9. The van der Waals surface area contributed by atoms with Gasteiger partial charge in [0, 0.05) is 18.0 Å². The third-order valence-corrected chi connectivity index (χ3v) is 2.91. The smallest absolute Gasteiger partial charge is 0.222 e. The van der Waals surface area contributed by atoms with E-state index in [0.29, 0.717) is 0 Å². The largest absolute Gasteiger partial charge is 0.349 e. The highest BCUT2D eigenvalue weighted by atomic mass is 19.1. The average Bonchev–Trinajstić information content (AvgIpc) is 2.32. The molecule has 0 saturated carbocycles.